The minimum absolute atomic E-state index is 0.166. The predicted octanol–water partition coefficient (Wildman–Crippen LogP) is 4.29. The van der Waals surface area contributed by atoms with Crippen molar-refractivity contribution in [1.29, 1.82) is 0 Å². The molecule has 2 aromatic heterocycles. The zero-order valence-corrected chi connectivity index (χ0v) is 17.3. The lowest BCUT2D eigenvalue weighted by Crippen LogP contribution is -2.16. The van der Waals surface area contributed by atoms with E-state index in [1.807, 2.05) is 71.4 Å². The van der Waals surface area contributed by atoms with E-state index in [-0.39, 0.29) is 23.4 Å². The van der Waals surface area contributed by atoms with Gasteiger partial charge >= 0.3 is 5.69 Å². The lowest BCUT2D eigenvalue weighted by molar-refractivity contribution is -0.383. The second kappa shape index (κ2) is 10.2. The Hall–Kier alpha value is -4.27. The van der Waals surface area contributed by atoms with Crippen molar-refractivity contribution < 1.29 is 4.92 Å². The Morgan fingerprint density at radius 3 is 2.22 bits per heavy atom. The van der Waals surface area contributed by atoms with Gasteiger partial charge in [0.15, 0.2) is 0 Å². The molecule has 0 unspecified atom stereocenters. The topological polar surface area (TPSA) is 111 Å². The van der Waals surface area contributed by atoms with Gasteiger partial charge in [0.2, 0.25) is 11.6 Å². The van der Waals surface area contributed by atoms with Gasteiger partial charge in [-0.25, -0.2) is 15.0 Å². The summed E-state index contributed by atoms with van der Waals surface area (Å²) >= 11 is 0. The molecule has 4 aromatic rings. The molecule has 0 saturated heterocycles. The molecule has 9 nitrogen and oxygen atoms in total. The first-order valence-corrected chi connectivity index (χ1v) is 10.3. The van der Waals surface area contributed by atoms with Crippen LogP contribution in [0.25, 0.3) is 0 Å². The fourth-order valence-corrected chi connectivity index (χ4v) is 3.46. The average molecular weight is 429 g/mol. The van der Waals surface area contributed by atoms with Crippen LogP contribution in [0.1, 0.15) is 23.6 Å². The van der Waals surface area contributed by atoms with E-state index in [9.17, 15) is 10.1 Å². The molecular formula is C23H23N7O2. The molecular weight excluding hydrogens is 406 g/mol. The van der Waals surface area contributed by atoms with Crippen molar-refractivity contribution >= 4 is 17.3 Å². The van der Waals surface area contributed by atoms with Gasteiger partial charge in [0.1, 0.15) is 6.33 Å². The van der Waals surface area contributed by atoms with Crippen LogP contribution < -0.4 is 10.6 Å². The van der Waals surface area contributed by atoms with Crippen LogP contribution in [0, 0.1) is 10.1 Å². The molecule has 9 heteroatoms. The van der Waals surface area contributed by atoms with Gasteiger partial charge in [-0.15, -0.1) is 0 Å². The smallest absolute Gasteiger partial charge is 0.353 e. The van der Waals surface area contributed by atoms with Gasteiger partial charge in [0, 0.05) is 25.5 Å². The minimum Gasteiger partial charge on any atom is -0.364 e. The van der Waals surface area contributed by atoms with Crippen molar-refractivity contribution in [3.63, 3.8) is 0 Å². The van der Waals surface area contributed by atoms with E-state index in [0.29, 0.717) is 6.54 Å². The van der Waals surface area contributed by atoms with Gasteiger partial charge in [0.25, 0.3) is 0 Å². The number of benzene rings is 2. The Balaban J connectivity index is 1.57. The lowest BCUT2D eigenvalue weighted by atomic mass is 9.99. The fourth-order valence-electron chi connectivity index (χ4n) is 3.46. The van der Waals surface area contributed by atoms with Crippen LogP contribution in [-0.4, -0.2) is 31.0 Å². The van der Waals surface area contributed by atoms with Crippen LogP contribution in [0.2, 0.25) is 0 Å². The minimum atomic E-state index is -0.451. The number of nitrogens with one attached hydrogen (secondary N) is 2. The van der Waals surface area contributed by atoms with Crippen LogP contribution in [0.3, 0.4) is 0 Å². The first-order valence-electron chi connectivity index (χ1n) is 10.3. The van der Waals surface area contributed by atoms with Crippen LogP contribution in [-0.2, 0) is 6.54 Å². The normalized spacial score (nSPS) is 10.8. The van der Waals surface area contributed by atoms with Gasteiger partial charge in [-0.3, -0.25) is 10.1 Å². The molecule has 0 radical (unpaired) electrons. The van der Waals surface area contributed by atoms with Crippen molar-refractivity contribution in [2.75, 3.05) is 17.2 Å². The highest BCUT2D eigenvalue weighted by molar-refractivity contribution is 5.70. The maximum absolute atomic E-state index is 11.9. The molecule has 0 spiro atoms. The summed E-state index contributed by atoms with van der Waals surface area (Å²) in [6.45, 7) is 1.28. The van der Waals surface area contributed by atoms with E-state index in [1.54, 1.807) is 12.5 Å². The molecule has 4 rings (SSSR count). The van der Waals surface area contributed by atoms with E-state index < -0.39 is 4.92 Å². The maximum Gasteiger partial charge on any atom is 0.353 e. The summed E-state index contributed by atoms with van der Waals surface area (Å²) in [6.07, 6.45) is 7.43. The summed E-state index contributed by atoms with van der Waals surface area (Å²) in [5.74, 6) is 0.359. The first-order chi connectivity index (χ1) is 15.7. The van der Waals surface area contributed by atoms with Crippen LogP contribution >= 0.6 is 0 Å². The molecule has 0 saturated carbocycles. The van der Waals surface area contributed by atoms with Gasteiger partial charge < -0.3 is 15.2 Å². The Morgan fingerprint density at radius 1 is 0.969 bits per heavy atom. The van der Waals surface area contributed by atoms with Crippen molar-refractivity contribution in [1.82, 2.24) is 19.5 Å². The summed E-state index contributed by atoms with van der Waals surface area (Å²) in [5.41, 5.74) is 1.77. The van der Waals surface area contributed by atoms with E-state index in [0.717, 1.165) is 24.1 Å². The third kappa shape index (κ3) is 5.07. The Kier molecular flexibility index (Phi) is 6.66. The molecule has 0 fully saturated rings. The molecule has 162 valence electrons. The maximum atomic E-state index is 11.9. The van der Waals surface area contributed by atoms with Gasteiger partial charge in [-0.1, -0.05) is 60.7 Å². The molecule has 2 heterocycles. The van der Waals surface area contributed by atoms with Crippen LogP contribution in [0.5, 0.6) is 0 Å². The standard InChI is InChI=1S/C23H23N7O2/c31-30(32)21-22(25-12-7-14-29-15-13-24-17-29)26-16-27-23(21)28-20(18-8-3-1-4-9-18)19-10-5-2-6-11-19/h1-6,8-11,13,15-17,20H,7,12,14H2,(H2,25,26,27,28). The van der Waals surface area contributed by atoms with Gasteiger partial charge in [0.05, 0.1) is 17.3 Å². The molecule has 0 amide bonds. The number of nitro groups is 1. The number of hydrogen-bond acceptors (Lipinski definition) is 7. The second-order valence-corrected chi connectivity index (χ2v) is 7.16. The first kappa shape index (κ1) is 21.0. The Labute approximate surface area is 185 Å². The van der Waals surface area contributed by atoms with Crippen molar-refractivity contribution in [3.05, 3.63) is 107 Å². The molecule has 2 aromatic carbocycles. The third-order valence-corrected chi connectivity index (χ3v) is 5.00. The quantitative estimate of drug-likeness (QED) is 0.220. The van der Waals surface area contributed by atoms with E-state index >= 15 is 0 Å². The second-order valence-electron chi connectivity index (χ2n) is 7.16. The monoisotopic (exact) mass is 429 g/mol. The summed E-state index contributed by atoms with van der Waals surface area (Å²) in [7, 11) is 0. The van der Waals surface area contributed by atoms with Gasteiger partial charge in [-0.05, 0) is 17.5 Å². The molecule has 0 aliphatic carbocycles. The number of hydrogen-bond donors (Lipinski definition) is 2. The molecule has 0 atom stereocenters. The average Bonchev–Trinajstić information content (AvgIpc) is 3.35. The van der Waals surface area contributed by atoms with Crippen LogP contribution in [0.4, 0.5) is 17.3 Å². The summed E-state index contributed by atoms with van der Waals surface area (Å²) in [4.78, 5) is 23.8. The largest absolute Gasteiger partial charge is 0.364 e. The highest BCUT2D eigenvalue weighted by atomic mass is 16.6. The van der Waals surface area contributed by atoms with Crippen molar-refractivity contribution in [2.45, 2.75) is 19.0 Å². The van der Waals surface area contributed by atoms with E-state index in [1.165, 1.54) is 6.33 Å². The highest BCUT2D eigenvalue weighted by Crippen LogP contribution is 2.33. The summed E-state index contributed by atoms with van der Waals surface area (Å²) in [6, 6.07) is 19.2. The molecule has 0 aliphatic heterocycles. The number of aromatic nitrogens is 4. The summed E-state index contributed by atoms with van der Waals surface area (Å²) < 4.78 is 1.95. The van der Waals surface area contributed by atoms with E-state index in [2.05, 4.69) is 25.6 Å². The molecule has 32 heavy (non-hydrogen) atoms. The van der Waals surface area contributed by atoms with Crippen molar-refractivity contribution in [3.8, 4) is 0 Å². The number of aryl methyl sites for hydroxylation is 1. The van der Waals surface area contributed by atoms with Crippen LogP contribution in [0.15, 0.2) is 85.7 Å². The number of imidazole rings is 1. The zero-order valence-electron chi connectivity index (χ0n) is 17.3. The fraction of sp³-hybridized carbons (Fsp3) is 0.174. The Bertz CT molecular complexity index is 1100. The number of nitrogens with zero attached hydrogens (tertiary/aromatic N) is 5. The predicted molar refractivity (Wildman–Crippen MR) is 122 cm³/mol. The number of anilines is 2. The zero-order chi connectivity index (χ0) is 22.2. The van der Waals surface area contributed by atoms with Crippen molar-refractivity contribution in [2.24, 2.45) is 0 Å². The van der Waals surface area contributed by atoms with E-state index in [4.69, 9.17) is 0 Å². The summed E-state index contributed by atoms with van der Waals surface area (Å²) in [5, 5.41) is 18.3. The molecule has 2 N–H and O–H groups in total. The third-order valence-electron chi connectivity index (χ3n) is 5.00. The molecule has 0 aliphatic rings. The Morgan fingerprint density at radius 2 is 1.62 bits per heavy atom. The molecule has 0 bridgehead atoms. The van der Waals surface area contributed by atoms with Gasteiger partial charge in [-0.2, -0.15) is 0 Å². The SMILES string of the molecule is O=[N+]([O-])c1c(NCCCn2ccnc2)ncnc1NC(c1ccccc1)c1ccccc1. The highest BCUT2D eigenvalue weighted by Gasteiger charge is 2.26. The lowest BCUT2D eigenvalue weighted by Gasteiger charge is -2.20. The number of rotatable bonds is 10.